The summed E-state index contributed by atoms with van der Waals surface area (Å²) < 4.78 is 26.5. The molecule has 0 spiro atoms. The van der Waals surface area contributed by atoms with Crippen LogP contribution in [0.5, 0.6) is 5.88 Å². The van der Waals surface area contributed by atoms with Crippen LogP contribution in [0.1, 0.15) is 5.56 Å². The summed E-state index contributed by atoms with van der Waals surface area (Å²) in [6.45, 7) is 0. The molecule has 0 saturated heterocycles. The van der Waals surface area contributed by atoms with Gasteiger partial charge in [-0.1, -0.05) is 0 Å². The molecular formula is C7H5ClN2O3S. The molecule has 0 aliphatic rings. The number of pyridine rings is 1. The zero-order valence-electron chi connectivity index (χ0n) is 7.06. The molecule has 0 aromatic carbocycles. The zero-order valence-corrected chi connectivity index (χ0v) is 8.63. The van der Waals surface area contributed by atoms with Gasteiger partial charge in [0, 0.05) is 10.7 Å². The van der Waals surface area contributed by atoms with E-state index in [-0.39, 0.29) is 16.3 Å². The molecule has 0 aliphatic carbocycles. The molecule has 0 saturated carbocycles. The number of hydrogen-bond acceptors (Lipinski definition) is 5. The van der Waals surface area contributed by atoms with Crippen molar-refractivity contribution in [1.29, 1.82) is 5.26 Å². The van der Waals surface area contributed by atoms with E-state index < -0.39 is 9.05 Å². The van der Waals surface area contributed by atoms with Crippen LogP contribution in [0, 0.1) is 11.3 Å². The van der Waals surface area contributed by atoms with Crippen LogP contribution >= 0.6 is 10.7 Å². The molecule has 5 nitrogen and oxygen atoms in total. The topological polar surface area (TPSA) is 80.0 Å². The van der Waals surface area contributed by atoms with Crippen molar-refractivity contribution in [2.75, 3.05) is 7.11 Å². The van der Waals surface area contributed by atoms with Gasteiger partial charge in [-0.05, 0) is 6.07 Å². The third-order valence-corrected chi connectivity index (χ3v) is 2.74. The van der Waals surface area contributed by atoms with Gasteiger partial charge in [-0.25, -0.2) is 13.4 Å². The second kappa shape index (κ2) is 3.82. The third-order valence-electron chi connectivity index (χ3n) is 1.42. The summed E-state index contributed by atoms with van der Waals surface area (Å²) in [5.41, 5.74) is 0.0224. The third kappa shape index (κ3) is 2.13. The number of rotatable bonds is 2. The average Bonchev–Trinajstić information content (AvgIpc) is 2.15. The first-order valence-corrected chi connectivity index (χ1v) is 5.68. The summed E-state index contributed by atoms with van der Waals surface area (Å²) >= 11 is 0. The molecule has 0 atom stereocenters. The van der Waals surface area contributed by atoms with E-state index in [0.717, 1.165) is 12.3 Å². The minimum Gasteiger partial charge on any atom is -0.480 e. The second-order valence-electron chi connectivity index (χ2n) is 2.28. The van der Waals surface area contributed by atoms with Crippen LogP contribution < -0.4 is 4.74 Å². The monoisotopic (exact) mass is 232 g/mol. The van der Waals surface area contributed by atoms with Gasteiger partial charge < -0.3 is 4.74 Å². The predicted octanol–water partition coefficient (Wildman–Crippen LogP) is 0.889. The molecule has 14 heavy (non-hydrogen) atoms. The van der Waals surface area contributed by atoms with E-state index in [4.69, 9.17) is 20.7 Å². The molecule has 7 heteroatoms. The van der Waals surface area contributed by atoms with Gasteiger partial charge in [0.15, 0.2) is 0 Å². The Bertz CT molecular complexity index is 492. The fourth-order valence-electron chi connectivity index (χ4n) is 0.809. The molecule has 0 unspecified atom stereocenters. The second-order valence-corrected chi connectivity index (χ2v) is 4.84. The van der Waals surface area contributed by atoms with E-state index in [1.807, 2.05) is 0 Å². The van der Waals surface area contributed by atoms with Crippen LogP contribution in [0.4, 0.5) is 0 Å². The van der Waals surface area contributed by atoms with Crippen molar-refractivity contribution in [3.8, 4) is 11.9 Å². The van der Waals surface area contributed by atoms with E-state index in [1.54, 1.807) is 6.07 Å². The van der Waals surface area contributed by atoms with Crippen molar-refractivity contribution in [2.45, 2.75) is 4.90 Å². The number of hydrogen-bond donors (Lipinski definition) is 0. The number of nitriles is 1. The first-order valence-electron chi connectivity index (χ1n) is 3.38. The van der Waals surface area contributed by atoms with Crippen molar-refractivity contribution < 1.29 is 13.2 Å². The van der Waals surface area contributed by atoms with E-state index in [2.05, 4.69) is 4.98 Å². The molecule has 0 amide bonds. The van der Waals surface area contributed by atoms with E-state index in [1.165, 1.54) is 7.11 Å². The van der Waals surface area contributed by atoms with E-state index in [0.29, 0.717) is 0 Å². The van der Waals surface area contributed by atoms with Gasteiger partial charge in [0.1, 0.15) is 16.5 Å². The smallest absolute Gasteiger partial charge is 0.262 e. The van der Waals surface area contributed by atoms with Crippen molar-refractivity contribution in [3.05, 3.63) is 17.8 Å². The Kier molecular flexibility index (Phi) is 2.93. The summed E-state index contributed by atoms with van der Waals surface area (Å²) in [4.78, 5) is 3.40. The summed E-state index contributed by atoms with van der Waals surface area (Å²) in [5, 5.41) is 8.63. The number of nitrogens with zero attached hydrogens (tertiary/aromatic N) is 2. The van der Waals surface area contributed by atoms with Gasteiger partial charge in [-0.15, -0.1) is 0 Å². The fourth-order valence-corrected chi connectivity index (χ4v) is 1.50. The summed E-state index contributed by atoms with van der Waals surface area (Å²) in [7, 11) is 2.54. The highest BCUT2D eigenvalue weighted by atomic mass is 35.7. The van der Waals surface area contributed by atoms with Gasteiger partial charge in [-0.2, -0.15) is 5.26 Å². The summed E-state index contributed by atoms with van der Waals surface area (Å²) in [5.74, 6) is 0.0663. The molecule has 1 aromatic rings. The van der Waals surface area contributed by atoms with Gasteiger partial charge >= 0.3 is 0 Å². The minimum atomic E-state index is -3.86. The van der Waals surface area contributed by atoms with Crippen LogP contribution in [-0.4, -0.2) is 20.5 Å². The molecule has 0 radical (unpaired) electrons. The molecular weight excluding hydrogens is 228 g/mol. The Balaban J connectivity index is 3.38. The average molecular weight is 233 g/mol. The first kappa shape index (κ1) is 10.8. The van der Waals surface area contributed by atoms with E-state index >= 15 is 0 Å². The molecule has 74 valence electrons. The molecule has 0 aliphatic heterocycles. The molecule has 1 heterocycles. The molecule has 1 rings (SSSR count). The van der Waals surface area contributed by atoms with Gasteiger partial charge in [0.25, 0.3) is 9.05 Å². The lowest BCUT2D eigenvalue weighted by molar-refractivity contribution is 0.395. The standard InChI is InChI=1S/C7H5ClN2O3S/c1-13-7-5(3-9)2-6(4-10-7)14(8,11)12/h2,4H,1H3. The highest BCUT2D eigenvalue weighted by molar-refractivity contribution is 8.13. The number of halogens is 1. The molecule has 0 fully saturated rings. The quantitative estimate of drug-likeness (QED) is 0.708. The number of methoxy groups -OCH3 is 1. The van der Waals surface area contributed by atoms with Crippen LogP contribution in [0.2, 0.25) is 0 Å². The lowest BCUT2D eigenvalue weighted by atomic mass is 10.3. The minimum absolute atomic E-state index is 0.0224. The van der Waals surface area contributed by atoms with Crippen LogP contribution in [0.3, 0.4) is 0 Å². The summed E-state index contributed by atoms with van der Waals surface area (Å²) in [6.07, 6.45) is 1.03. The SMILES string of the molecule is COc1ncc(S(=O)(=O)Cl)cc1C#N. The Hall–Kier alpha value is -1.32. The number of aromatic nitrogens is 1. The first-order chi connectivity index (χ1) is 6.49. The molecule has 1 aromatic heterocycles. The predicted molar refractivity (Wildman–Crippen MR) is 48.5 cm³/mol. The fraction of sp³-hybridized carbons (Fsp3) is 0.143. The van der Waals surface area contributed by atoms with Crippen LogP contribution in [0.15, 0.2) is 17.2 Å². The lowest BCUT2D eigenvalue weighted by Gasteiger charge is -2.01. The maximum atomic E-state index is 10.9. The Morgan fingerprint density at radius 2 is 2.29 bits per heavy atom. The van der Waals surface area contributed by atoms with Crippen molar-refractivity contribution in [3.63, 3.8) is 0 Å². The molecule has 0 bridgehead atoms. The maximum Gasteiger partial charge on any atom is 0.262 e. The van der Waals surface area contributed by atoms with Crippen LogP contribution in [0.25, 0.3) is 0 Å². The van der Waals surface area contributed by atoms with Gasteiger partial charge in [-0.3, -0.25) is 0 Å². The highest BCUT2D eigenvalue weighted by Crippen LogP contribution is 2.20. The van der Waals surface area contributed by atoms with E-state index in [9.17, 15) is 8.42 Å². The Labute approximate surface area is 85.3 Å². The normalized spacial score (nSPS) is 10.6. The van der Waals surface area contributed by atoms with Crippen molar-refractivity contribution >= 4 is 19.7 Å². The van der Waals surface area contributed by atoms with Crippen LogP contribution in [-0.2, 0) is 9.05 Å². The van der Waals surface area contributed by atoms with Gasteiger partial charge in [0.2, 0.25) is 5.88 Å². The zero-order chi connectivity index (χ0) is 10.8. The highest BCUT2D eigenvalue weighted by Gasteiger charge is 2.14. The maximum absolute atomic E-state index is 10.9. The Morgan fingerprint density at radius 3 is 2.71 bits per heavy atom. The van der Waals surface area contributed by atoms with Crippen molar-refractivity contribution in [2.24, 2.45) is 0 Å². The number of ether oxygens (including phenoxy) is 1. The largest absolute Gasteiger partial charge is 0.480 e. The van der Waals surface area contributed by atoms with Crippen molar-refractivity contribution in [1.82, 2.24) is 4.98 Å². The lowest BCUT2D eigenvalue weighted by Crippen LogP contribution is -1.97. The van der Waals surface area contributed by atoms with Gasteiger partial charge in [0.05, 0.1) is 13.3 Å². The summed E-state index contributed by atoms with van der Waals surface area (Å²) in [6, 6.07) is 2.85. The Morgan fingerprint density at radius 1 is 1.64 bits per heavy atom. The molecule has 0 N–H and O–H groups in total.